The lowest BCUT2D eigenvalue weighted by Gasteiger charge is -2.36. The molecular weight excluding hydrogens is 352 g/mol. The number of fused-ring (bicyclic) bond motifs is 1. The molecule has 3 heterocycles. The van der Waals surface area contributed by atoms with Crippen LogP contribution < -0.4 is 0 Å². The third-order valence-corrected chi connectivity index (χ3v) is 5.39. The number of aromatic nitrogens is 3. The summed E-state index contributed by atoms with van der Waals surface area (Å²) < 4.78 is 7.48. The Morgan fingerprint density at radius 1 is 1.32 bits per heavy atom. The van der Waals surface area contributed by atoms with Crippen LogP contribution in [-0.2, 0) is 23.6 Å². The zero-order chi connectivity index (χ0) is 19.9. The first-order valence-electron chi connectivity index (χ1n) is 9.82. The predicted octanol–water partition coefficient (Wildman–Crippen LogP) is 3.28. The van der Waals surface area contributed by atoms with Crippen molar-refractivity contribution in [3.63, 3.8) is 0 Å². The number of morpholine rings is 1. The summed E-state index contributed by atoms with van der Waals surface area (Å²) in [5.41, 5.74) is 3.68. The van der Waals surface area contributed by atoms with Crippen LogP contribution in [0, 0.1) is 0 Å². The van der Waals surface area contributed by atoms with E-state index < -0.39 is 0 Å². The van der Waals surface area contributed by atoms with E-state index in [0.29, 0.717) is 25.3 Å². The van der Waals surface area contributed by atoms with Crippen molar-refractivity contribution in [2.24, 2.45) is 7.05 Å². The summed E-state index contributed by atoms with van der Waals surface area (Å²) in [6.45, 7) is 8.00. The highest BCUT2D eigenvalue weighted by Gasteiger charge is 2.33. The molecule has 1 aromatic carbocycles. The number of para-hydroxylation sites is 1. The van der Waals surface area contributed by atoms with Crippen molar-refractivity contribution in [1.29, 1.82) is 0 Å². The molecule has 0 spiro atoms. The fraction of sp³-hybridized carbons (Fsp3) is 0.455. The van der Waals surface area contributed by atoms with Gasteiger partial charge < -0.3 is 14.6 Å². The summed E-state index contributed by atoms with van der Waals surface area (Å²) in [6.07, 6.45) is 4.66. The number of hydrogen-bond donors (Lipinski definition) is 1. The number of nitrogens with one attached hydrogen (secondary N) is 1. The van der Waals surface area contributed by atoms with Gasteiger partial charge in [0.1, 0.15) is 0 Å². The van der Waals surface area contributed by atoms with Crippen LogP contribution in [0.25, 0.3) is 10.9 Å². The molecule has 1 unspecified atom stereocenters. The monoisotopic (exact) mass is 380 g/mol. The lowest BCUT2D eigenvalue weighted by atomic mass is 9.89. The lowest BCUT2D eigenvalue weighted by molar-refractivity contribution is -0.00167. The summed E-state index contributed by atoms with van der Waals surface area (Å²) in [6, 6.07) is 8.28. The van der Waals surface area contributed by atoms with E-state index in [1.54, 1.807) is 4.68 Å². The van der Waals surface area contributed by atoms with Crippen LogP contribution in [-0.4, -0.2) is 51.4 Å². The Morgan fingerprint density at radius 3 is 2.89 bits per heavy atom. The van der Waals surface area contributed by atoms with E-state index >= 15 is 0 Å². The quantitative estimate of drug-likeness (QED) is 0.758. The lowest BCUT2D eigenvalue weighted by Crippen LogP contribution is -2.50. The molecule has 1 saturated heterocycles. The van der Waals surface area contributed by atoms with E-state index in [9.17, 15) is 4.79 Å². The number of benzene rings is 1. The van der Waals surface area contributed by atoms with Gasteiger partial charge in [0.05, 0.1) is 30.5 Å². The van der Waals surface area contributed by atoms with Gasteiger partial charge >= 0.3 is 0 Å². The molecule has 6 nitrogen and oxygen atoms in total. The van der Waals surface area contributed by atoms with Crippen LogP contribution in [0.1, 0.15) is 42.4 Å². The van der Waals surface area contributed by atoms with Crippen molar-refractivity contribution in [2.75, 3.05) is 19.8 Å². The third-order valence-electron chi connectivity index (χ3n) is 5.39. The molecule has 1 aliphatic heterocycles. The number of ether oxygens (including phenoxy) is 1. The number of H-pyrrole nitrogens is 1. The van der Waals surface area contributed by atoms with Gasteiger partial charge in [-0.3, -0.25) is 9.48 Å². The minimum atomic E-state index is -0.190. The zero-order valence-corrected chi connectivity index (χ0v) is 17.0. The van der Waals surface area contributed by atoms with Crippen LogP contribution in [0.5, 0.6) is 0 Å². The first-order valence-corrected chi connectivity index (χ1v) is 9.82. The highest BCUT2D eigenvalue weighted by atomic mass is 16.5. The van der Waals surface area contributed by atoms with E-state index in [-0.39, 0.29) is 17.4 Å². The van der Waals surface area contributed by atoms with Crippen LogP contribution in [0.4, 0.5) is 0 Å². The molecule has 148 valence electrons. The van der Waals surface area contributed by atoms with Crippen molar-refractivity contribution < 1.29 is 9.53 Å². The van der Waals surface area contributed by atoms with Crippen LogP contribution in [0.15, 0.2) is 36.7 Å². The molecule has 1 amide bonds. The summed E-state index contributed by atoms with van der Waals surface area (Å²) in [5.74, 6) is 0.0474. The van der Waals surface area contributed by atoms with Crippen molar-refractivity contribution in [3.05, 3.63) is 53.5 Å². The number of hydrogen-bond acceptors (Lipinski definition) is 3. The number of carbonyl (C=O) groups is 1. The molecule has 0 saturated carbocycles. The minimum absolute atomic E-state index is 0.00785. The zero-order valence-electron chi connectivity index (χ0n) is 17.0. The predicted molar refractivity (Wildman–Crippen MR) is 110 cm³/mol. The van der Waals surface area contributed by atoms with Gasteiger partial charge in [-0.05, 0) is 18.1 Å². The first kappa shape index (κ1) is 18.7. The number of aromatic amines is 1. The Kier molecular flexibility index (Phi) is 4.75. The summed E-state index contributed by atoms with van der Waals surface area (Å²) in [4.78, 5) is 18.8. The van der Waals surface area contributed by atoms with Gasteiger partial charge in [0.2, 0.25) is 0 Å². The van der Waals surface area contributed by atoms with Gasteiger partial charge in [-0.15, -0.1) is 0 Å². The highest BCUT2D eigenvalue weighted by molar-refractivity contribution is 5.96. The molecule has 28 heavy (non-hydrogen) atoms. The molecule has 0 aliphatic carbocycles. The van der Waals surface area contributed by atoms with Crippen molar-refractivity contribution >= 4 is 16.8 Å². The summed E-state index contributed by atoms with van der Waals surface area (Å²) in [7, 11) is 1.87. The average molecular weight is 380 g/mol. The molecule has 1 N–H and O–H groups in total. The second-order valence-electron chi connectivity index (χ2n) is 8.61. The molecule has 3 aromatic rings. The molecule has 0 bridgehead atoms. The normalized spacial score (nSPS) is 18.0. The number of carbonyl (C=O) groups excluding carboxylic acids is 1. The molecule has 4 rings (SSSR count). The topological polar surface area (TPSA) is 63.1 Å². The molecule has 1 atom stereocenters. The summed E-state index contributed by atoms with van der Waals surface area (Å²) >= 11 is 0. The number of aryl methyl sites for hydroxylation is 1. The Hall–Kier alpha value is -2.60. The SMILES string of the molecule is Cn1cc(C(=O)N2CCOCC2Cc2c[nH]c3ccccc23)c(C(C)(C)C)n1. The standard InChI is InChI=1S/C22H28N4O2/c1-22(2,3)20-18(13-25(4)24-20)21(27)26-9-10-28-14-16(26)11-15-12-23-19-8-6-5-7-17(15)19/h5-8,12-13,16,23H,9-11,14H2,1-4H3. The van der Waals surface area contributed by atoms with E-state index in [2.05, 4.69) is 43.0 Å². The van der Waals surface area contributed by atoms with Crippen molar-refractivity contribution in [2.45, 2.75) is 38.6 Å². The smallest absolute Gasteiger partial charge is 0.257 e. The fourth-order valence-electron chi connectivity index (χ4n) is 4.00. The van der Waals surface area contributed by atoms with Gasteiger partial charge in [0.25, 0.3) is 5.91 Å². The van der Waals surface area contributed by atoms with Crippen LogP contribution >= 0.6 is 0 Å². The van der Waals surface area contributed by atoms with Gasteiger partial charge in [-0.25, -0.2) is 0 Å². The average Bonchev–Trinajstić information content (AvgIpc) is 3.25. The van der Waals surface area contributed by atoms with Gasteiger partial charge in [0.15, 0.2) is 0 Å². The third kappa shape index (κ3) is 3.44. The number of nitrogens with zero attached hydrogens (tertiary/aromatic N) is 3. The Labute approximate surface area is 165 Å². The number of rotatable bonds is 3. The van der Waals surface area contributed by atoms with Gasteiger partial charge in [-0.1, -0.05) is 39.0 Å². The largest absolute Gasteiger partial charge is 0.377 e. The summed E-state index contributed by atoms with van der Waals surface area (Å²) in [5, 5.41) is 5.78. The Morgan fingerprint density at radius 2 is 2.11 bits per heavy atom. The Bertz CT molecular complexity index is 996. The van der Waals surface area contributed by atoms with Crippen molar-refractivity contribution in [1.82, 2.24) is 19.7 Å². The minimum Gasteiger partial charge on any atom is -0.377 e. The molecule has 2 aromatic heterocycles. The second-order valence-corrected chi connectivity index (χ2v) is 8.61. The molecule has 1 aliphatic rings. The molecular formula is C22H28N4O2. The van der Waals surface area contributed by atoms with E-state index in [0.717, 1.165) is 17.6 Å². The first-order chi connectivity index (χ1) is 13.3. The van der Waals surface area contributed by atoms with Crippen LogP contribution in [0.2, 0.25) is 0 Å². The molecule has 6 heteroatoms. The van der Waals surface area contributed by atoms with Crippen molar-refractivity contribution in [3.8, 4) is 0 Å². The van der Waals surface area contributed by atoms with E-state index in [4.69, 9.17) is 4.74 Å². The van der Waals surface area contributed by atoms with Crippen LogP contribution in [0.3, 0.4) is 0 Å². The maximum Gasteiger partial charge on any atom is 0.257 e. The second kappa shape index (κ2) is 7.09. The maximum absolute atomic E-state index is 13.5. The van der Waals surface area contributed by atoms with E-state index in [1.807, 2.05) is 36.5 Å². The van der Waals surface area contributed by atoms with Gasteiger partial charge in [-0.2, -0.15) is 5.10 Å². The fourth-order valence-corrected chi connectivity index (χ4v) is 4.00. The molecule has 0 radical (unpaired) electrons. The number of amides is 1. The van der Waals surface area contributed by atoms with Gasteiger partial charge in [0, 0.05) is 42.3 Å². The van der Waals surface area contributed by atoms with E-state index in [1.165, 1.54) is 10.9 Å². The molecule has 1 fully saturated rings. The highest BCUT2D eigenvalue weighted by Crippen LogP contribution is 2.27. The Balaban J connectivity index is 1.63. The maximum atomic E-state index is 13.5.